The first-order valence-corrected chi connectivity index (χ1v) is 8.69. The summed E-state index contributed by atoms with van der Waals surface area (Å²) in [5.41, 5.74) is 8.36. The maximum absolute atomic E-state index is 6.07. The lowest BCUT2D eigenvalue weighted by atomic mass is 9.99. The summed E-state index contributed by atoms with van der Waals surface area (Å²) in [6.07, 6.45) is 0. The Labute approximate surface area is 153 Å². The van der Waals surface area contributed by atoms with Crippen molar-refractivity contribution in [3.05, 3.63) is 71.3 Å². The zero-order chi connectivity index (χ0) is 18.3. The van der Waals surface area contributed by atoms with E-state index in [1.165, 1.54) is 0 Å². The highest BCUT2D eigenvalue weighted by atomic mass is 16.5. The number of rotatable bonds is 3. The van der Waals surface area contributed by atoms with E-state index >= 15 is 0 Å². The number of oxazole rings is 1. The van der Waals surface area contributed by atoms with Gasteiger partial charge in [0.25, 0.3) is 0 Å². The molecule has 0 saturated heterocycles. The van der Waals surface area contributed by atoms with E-state index in [1.807, 2.05) is 24.3 Å². The van der Waals surface area contributed by atoms with Gasteiger partial charge in [0.1, 0.15) is 11.3 Å². The fraction of sp³-hybridized carbons (Fsp3) is 0.174. The Morgan fingerprint density at radius 3 is 2.23 bits per heavy atom. The van der Waals surface area contributed by atoms with Gasteiger partial charge in [-0.25, -0.2) is 4.98 Å². The van der Waals surface area contributed by atoms with Crippen LogP contribution in [0.25, 0.3) is 33.7 Å². The van der Waals surface area contributed by atoms with Crippen molar-refractivity contribution in [3.63, 3.8) is 0 Å². The van der Waals surface area contributed by atoms with Gasteiger partial charge in [0.15, 0.2) is 5.58 Å². The zero-order valence-corrected chi connectivity index (χ0v) is 15.5. The quantitative estimate of drug-likeness (QED) is 0.451. The average Bonchev–Trinajstić information content (AvgIpc) is 3.04. The molecule has 0 amide bonds. The molecule has 130 valence electrons. The maximum Gasteiger partial charge on any atom is 0.227 e. The Morgan fingerprint density at radius 1 is 0.808 bits per heavy atom. The molecule has 0 aliphatic rings. The topological polar surface area (TPSA) is 35.3 Å². The predicted octanol–water partition coefficient (Wildman–Crippen LogP) is 6.10. The van der Waals surface area contributed by atoms with Crippen molar-refractivity contribution in [3.8, 4) is 28.3 Å². The highest BCUT2D eigenvalue weighted by Crippen LogP contribution is 2.33. The summed E-state index contributed by atoms with van der Waals surface area (Å²) in [7, 11) is 1.71. The van der Waals surface area contributed by atoms with Crippen LogP contribution >= 0.6 is 0 Å². The Kier molecular flexibility index (Phi) is 4.00. The van der Waals surface area contributed by atoms with Crippen LogP contribution in [0.5, 0.6) is 5.75 Å². The number of fused-ring (bicyclic) bond motifs is 1. The Morgan fingerprint density at radius 2 is 1.54 bits per heavy atom. The molecular formula is C23H21NO2. The summed E-state index contributed by atoms with van der Waals surface area (Å²) >= 11 is 0. The number of hydrogen-bond donors (Lipinski definition) is 0. The number of hydrogen-bond acceptors (Lipinski definition) is 3. The molecule has 4 rings (SSSR count). The molecule has 1 aromatic heterocycles. The van der Waals surface area contributed by atoms with Crippen LogP contribution in [0.15, 0.2) is 59.0 Å². The first-order valence-electron chi connectivity index (χ1n) is 8.69. The van der Waals surface area contributed by atoms with E-state index in [1.54, 1.807) is 7.11 Å². The number of benzene rings is 3. The molecule has 4 aromatic rings. The molecule has 0 N–H and O–H groups in total. The number of nitrogens with zero attached hydrogens (tertiary/aromatic N) is 1. The van der Waals surface area contributed by atoms with Crippen molar-refractivity contribution >= 4 is 11.1 Å². The van der Waals surface area contributed by atoms with Crippen LogP contribution in [-0.4, -0.2) is 12.1 Å². The highest BCUT2D eigenvalue weighted by Gasteiger charge is 2.12. The maximum atomic E-state index is 6.07. The van der Waals surface area contributed by atoms with Gasteiger partial charge in [-0.1, -0.05) is 24.3 Å². The van der Waals surface area contributed by atoms with Crippen molar-refractivity contribution in [1.29, 1.82) is 0 Å². The van der Waals surface area contributed by atoms with Crippen LogP contribution in [0.2, 0.25) is 0 Å². The number of aryl methyl sites for hydroxylation is 3. The molecule has 0 unspecified atom stereocenters. The van der Waals surface area contributed by atoms with Crippen LogP contribution in [0.3, 0.4) is 0 Å². The second-order valence-electron chi connectivity index (χ2n) is 6.66. The van der Waals surface area contributed by atoms with Gasteiger partial charge in [-0.15, -0.1) is 0 Å². The molecule has 3 heteroatoms. The molecule has 0 fully saturated rings. The second-order valence-corrected chi connectivity index (χ2v) is 6.66. The molecule has 0 saturated carbocycles. The van der Waals surface area contributed by atoms with Gasteiger partial charge >= 0.3 is 0 Å². The van der Waals surface area contributed by atoms with E-state index in [-0.39, 0.29) is 0 Å². The predicted molar refractivity (Wildman–Crippen MR) is 106 cm³/mol. The lowest BCUT2D eigenvalue weighted by molar-refractivity contribution is 0.408. The van der Waals surface area contributed by atoms with Crippen molar-refractivity contribution in [2.45, 2.75) is 20.8 Å². The van der Waals surface area contributed by atoms with Gasteiger partial charge in [-0.05, 0) is 78.9 Å². The molecule has 0 atom stereocenters. The summed E-state index contributed by atoms with van der Waals surface area (Å²) in [5, 5.41) is 0. The molecule has 0 spiro atoms. The summed E-state index contributed by atoms with van der Waals surface area (Å²) in [6, 6.07) is 18.6. The SMILES string of the molecule is COc1c(C)cc(-c2ccc3nc(-c4ccccc4C)oc3c2)cc1C. The largest absolute Gasteiger partial charge is 0.496 e. The van der Waals surface area contributed by atoms with E-state index in [0.717, 1.165) is 50.2 Å². The first kappa shape index (κ1) is 16.4. The molecule has 1 heterocycles. The van der Waals surface area contributed by atoms with E-state index < -0.39 is 0 Å². The zero-order valence-electron chi connectivity index (χ0n) is 15.5. The fourth-order valence-electron chi connectivity index (χ4n) is 3.47. The average molecular weight is 343 g/mol. The lowest BCUT2D eigenvalue weighted by Crippen LogP contribution is -1.92. The first-order chi connectivity index (χ1) is 12.6. The molecule has 0 radical (unpaired) electrons. The Balaban J connectivity index is 1.81. The minimum atomic E-state index is 0.664. The Bertz CT molecular complexity index is 1090. The normalized spacial score (nSPS) is 11.1. The van der Waals surface area contributed by atoms with Crippen molar-refractivity contribution in [2.24, 2.45) is 0 Å². The summed E-state index contributed by atoms with van der Waals surface area (Å²) < 4.78 is 11.5. The second kappa shape index (κ2) is 6.34. The minimum absolute atomic E-state index is 0.664. The van der Waals surface area contributed by atoms with Gasteiger partial charge in [0.2, 0.25) is 5.89 Å². The molecule has 3 aromatic carbocycles. The number of ether oxygens (including phenoxy) is 1. The minimum Gasteiger partial charge on any atom is -0.496 e. The summed E-state index contributed by atoms with van der Waals surface area (Å²) in [5.74, 6) is 1.61. The Hall–Kier alpha value is -3.07. The van der Waals surface area contributed by atoms with E-state index in [4.69, 9.17) is 9.15 Å². The van der Waals surface area contributed by atoms with Gasteiger partial charge in [0, 0.05) is 5.56 Å². The van der Waals surface area contributed by atoms with Crippen LogP contribution in [-0.2, 0) is 0 Å². The highest BCUT2D eigenvalue weighted by molar-refractivity contribution is 5.83. The lowest BCUT2D eigenvalue weighted by Gasteiger charge is -2.11. The van der Waals surface area contributed by atoms with Crippen LogP contribution < -0.4 is 4.74 Å². The smallest absolute Gasteiger partial charge is 0.227 e. The molecule has 0 aliphatic carbocycles. The third kappa shape index (κ3) is 2.76. The van der Waals surface area contributed by atoms with E-state index in [2.05, 4.69) is 56.1 Å². The van der Waals surface area contributed by atoms with Crippen molar-refractivity contribution in [1.82, 2.24) is 4.98 Å². The van der Waals surface area contributed by atoms with Crippen molar-refractivity contribution < 1.29 is 9.15 Å². The van der Waals surface area contributed by atoms with Crippen LogP contribution in [0.4, 0.5) is 0 Å². The van der Waals surface area contributed by atoms with Gasteiger partial charge in [0.05, 0.1) is 7.11 Å². The monoisotopic (exact) mass is 343 g/mol. The van der Waals surface area contributed by atoms with Crippen molar-refractivity contribution in [2.75, 3.05) is 7.11 Å². The van der Waals surface area contributed by atoms with Gasteiger partial charge < -0.3 is 9.15 Å². The fourth-order valence-corrected chi connectivity index (χ4v) is 3.47. The van der Waals surface area contributed by atoms with E-state index in [0.29, 0.717) is 5.89 Å². The van der Waals surface area contributed by atoms with Gasteiger partial charge in [-0.2, -0.15) is 0 Å². The molecular weight excluding hydrogens is 322 g/mol. The molecule has 0 bridgehead atoms. The molecule has 0 aliphatic heterocycles. The van der Waals surface area contributed by atoms with Crippen LogP contribution in [0, 0.1) is 20.8 Å². The number of methoxy groups -OCH3 is 1. The molecule has 3 nitrogen and oxygen atoms in total. The van der Waals surface area contributed by atoms with E-state index in [9.17, 15) is 0 Å². The third-order valence-corrected chi connectivity index (χ3v) is 4.76. The van der Waals surface area contributed by atoms with Crippen LogP contribution in [0.1, 0.15) is 16.7 Å². The summed E-state index contributed by atoms with van der Waals surface area (Å²) in [6.45, 7) is 6.20. The number of aromatic nitrogens is 1. The molecule has 26 heavy (non-hydrogen) atoms. The summed E-state index contributed by atoms with van der Waals surface area (Å²) in [4.78, 5) is 4.65. The third-order valence-electron chi connectivity index (χ3n) is 4.76. The standard InChI is InChI=1S/C23H21NO2/c1-14-7-5-6-8-19(14)23-24-20-10-9-17(13-21(20)26-23)18-11-15(2)22(25-4)16(3)12-18/h5-13H,1-4H3. The van der Waals surface area contributed by atoms with Gasteiger partial charge in [-0.3, -0.25) is 0 Å².